The van der Waals surface area contributed by atoms with Gasteiger partial charge in [0.15, 0.2) is 17.1 Å². The lowest BCUT2D eigenvalue weighted by molar-refractivity contribution is 0.310. The maximum atomic E-state index is 13.3. The molecule has 30 heavy (non-hydrogen) atoms. The van der Waals surface area contributed by atoms with E-state index >= 15 is 0 Å². The highest BCUT2D eigenvalue weighted by Gasteiger charge is 2.30. The van der Waals surface area contributed by atoms with Gasteiger partial charge in [-0.15, -0.1) is 0 Å². The minimum Gasteiger partial charge on any atom is -0.504 e. The molecule has 160 valence electrons. The Kier molecular flexibility index (Phi) is 5.81. The molecule has 0 aliphatic rings. The lowest BCUT2D eigenvalue weighted by Gasteiger charge is -2.18. The highest BCUT2D eigenvalue weighted by Crippen LogP contribution is 2.51. The van der Waals surface area contributed by atoms with Crippen molar-refractivity contribution >= 4 is 11.0 Å². The van der Waals surface area contributed by atoms with Gasteiger partial charge in [0.25, 0.3) is 0 Å². The van der Waals surface area contributed by atoms with Gasteiger partial charge >= 0.3 is 0 Å². The molecule has 0 saturated carbocycles. The lowest BCUT2D eigenvalue weighted by Crippen LogP contribution is -2.10. The summed E-state index contributed by atoms with van der Waals surface area (Å²) in [6.07, 6.45) is 0. The first-order valence-electron chi connectivity index (χ1n) is 8.75. The van der Waals surface area contributed by atoms with Crippen molar-refractivity contribution in [3.8, 4) is 51.6 Å². The van der Waals surface area contributed by atoms with Crippen LogP contribution in [0.15, 0.2) is 27.4 Å². The van der Waals surface area contributed by atoms with Gasteiger partial charge in [0.1, 0.15) is 16.9 Å². The van der Waals surface area contributed by atoms with Crippen molar-refractivity contribution in [1.29, 1.82) is 0 Å². The average molecular weight is 418 g/mol. The van der Waals surface area contributed by atoms with Gasteiger partial charge in [-0.05, 0) is 18.2 Å². The van der Waals surface area contributed by atoms with E-state index in [9.17, 15) is 9.90 Å². The number of aromatic hydroxyl groups is 1. The maximum absolute atomic E-state index is 13.3. The van der Waals surface area contributed by atoms with Crippen molar-refractivity contribution in [1.82, 2.24) is 0 Å². The molecule has 0 aliphatic heterocycles. The van der Waals surface area contributed by atoms with Crippen LogP contribution in [-0.4, -0.2) is 47.8 Å². The van der Waals surface area contributed by atoms with Crippen LogP contribution in [0, 0.1) is 0 Å². The molecule has 9 nitrogen and oxygen atoms in total. The molecule has 0 spiro atoms. The van der Waals surface area contributed by atoms with Crippen LogP contribution in [0.1, 0.15) is 0 Å². The van der Waals surface area contributed by atoms with E-state index in [1.165, 1.54) is 42.7 Å². The standard InChI is InChI=1S/C21H22O9/c1-24-10-7-8-12(25-2)11(9-10)16-18(26-3)14(22)13-15(23)19(27-4)21(29-6)20(28-5)17(13)30-16/h7-9,23H,1-6H3. The van der Waals surface area contributed by atoms with Crippen molar-refractivity contribution < 1.29 is 37.9 Å². The first-order valence-corrected chi connectivity index (χ1v) is 8.75. The third-order valence-corrected chi connectivity index (χ3v) is 4.61. The zero-order valence-electron chi connectivity index (χ0n) is 17.4. The average Bonchev–Trinajstić information content (AvgIpc) is 2.77. The van der Waals surface area contributed by atoms with Gasteiger partial charge in [-0.3, -0.25) is 4.79 Å². The lowest BCUT2D eigenvalue weighted by atomic mass is 10.1. The van der Waals surface area contributed by atoms with E-state index < -0.39 is 11.2 Å². The van der Waals surface area contributed by atoms with Gasteiger partial charge < -0.3 is 37.9 Å². The summed E-state index contributed by atoms with van der Waals surface area (Å²) in [6.45, 7) is 0. The van der Waals surface area contributed by atoms with Gasteiger partial charge in [0.05, 0.1) is 48.2 Å². The van der Waals surface area contributed by atoms with Gasteiger partial charge in [-0.25, -0.2) is 0 Å². The molecule has 3 aromatic rings. The monoisotopic (exact) mass is 418 g/mol. The summed E-state index contributed by atoms with van der Waals surface area (Å²) in [6, 6.07) is 5.01. The van der Waals surface area contributed by atoms with E-state index in [0.29, 0.717) is 17.1 Å². The Balaban J connectivity index is 2.54. The minimum absolute atomic E-state index is 0.0432. The smallest absolute Gasteiger partial charge is 0.239 e. The number of fused-ring (bicyclic) bond motifs is 1. The van der Waals surface area contributed by atoms with E-state index in [2.05, 4.69) is 0 Å². The fraction of sp³-hybridized carbons (Fsp3) is 0.286. The second-order valence-electron chi connectivity index (χ2n) is 6.01. The van der Waals surface area contributed by atoms with E-state index in [1.54, 1.807) is 18.2 Å². The van der Waals surface area contributed by atoms with E-state index in [-0.39, 0.29) is 39.7 Å². The SMILES string of the molecule is COc1ccc(OC)c(-c2oc3c(OC)c(OC)c(OC)c(O)c3c(=O)c2OC)c1. The molecule has 1 N–H and O–H groups in total. The predicted molar refractivity (Wildman–Crippen MR) is 109 cm³/mol. The summed E-state index contributed by atoms with van der Waals surface area (Å²) in [5, 5.41) is 10.5. The van der Waals surface area contributed by atoms with Crippen molar-refractivity contribution in [2.75, 3.05) is 42.7 Å². The van der Waals surface area contributed by atoms with Crippen molar-refractivity contribution in [3.63, 3.8) is 0 Å². The number of phenols is 1. The second kappa shape index (κ2) is 8.32. The topological polar surface area (TPSA) is 106 Å². The van der Waals surface area contributed by atoms with Crippen LogP contribution in [0.3, 0.4) is 0 Å². The summed E-state index contributed by atoms with van der Waals surface area (Å²) >= 11 is 0. The van der Waals surface area contributed by atoms with Gasteiger partial charge in [-0.2, -0.15) is 0 Å². The molecule has 0 unspecified atom stereocenters. The number of rotatable bonds is 7. The molecule has 0 amide bonds. The molecule has 1 aromatic heterocycles. The van der Waals surface area contributed by atoms with Gasteiger partial charge in [0, 0.05) is 0 Å². The molecule has 0 radical (unpaired) electrons. The first-order chi connectivity index (χ1) is 14.5. The Morgan fingerprint density at radius 2 is 1.40 bits per heavy atom. The molecule has 0 fully saturated rings. The Morgan fingerprint density at radius 1 is 0.767 bits per heavy atom. The number of hydrogen-bond donors (Lipinski definition) is 1. The summed E-state index contributed by atoms with van der Waals surface area (Å²) < 4.78 is 38.1. The molecule has 0 saturated heterocycles. The Labute approximate surface area is 172 Å². The van der Waals surface area contributed by atoms with Gasteiger partial charge in [0.2, 0.25) is 28.4 Å². The fourth-order valence-corrected chi connectivity index (χ4v) is 3.24. The van der Waals surface area contributed by atoms with E-state index in [0.717, 1.165) is 0 Å². The molecule has 9 heteroatoms. The fourth-order valence-electron chi connectivity index (χ4n) is 3.24. The van der Waals surface area contributed by atoms with Crippen molar-refractivity contribution in [2.24, 2.45) is 0 Å². The Hall–Kier alpha value is -3.75. The zero-order chi connectivity index (χ0) is 22.0. The second-order valence-corrected chi connectivity index (χ2v) is 6.01. The highest BCUT2D eigenvalue weighted by molar-refractivity contribution is 5.96. The molecular formula is C21H22O9. The quantitative estimate of drug-likeness (QED) is 0.619. The Bertz CT molecular complexity index is 1150. The van der Waals surface area contributed by atoms with Crippen LogP contribution in [0.2, 0.25) is 0 Å². The molecule has 0 aliphatic carbocycles. The van der Waals surface area contributed by atoms with Crippen LogP contribution in [0.4, 0.5) is 0 Å². The van der Waals surface area contributed by atoms with Crippen LogP contribution in [-0.2, 0) is 0 Å². The maximum Gasteiger partial charge on any atom is 0.239 e. The summed E-state index contributed by atoms with van der Waals surface area (Å²) in [7, 11) is 8.40. The third kappa shape index (κ3) is 3.08. The zero-order valence-corrected chi connectivity index (χ0v) is 17.4. The first kappa shape index (κ1) is 21.0. The molecule has 0 bridgehead atoms. The number of ether oxygens (including phenoxy) is 6. The van der Waals surface area contributed by atoms with E-state index in [4.69, 9.17) is 32.8 Å². The number of phenolic OH excluding ortho intramolecular Hbond substituents is 1. The summed E-state index contributed by atoms with van der Waals surface area (Å²) in [4.78, 5) is 13.3. The Morgan fingerprint density at radius 3 is 1.93 bits per heavy atom. The summed E-state index contributed by atoms with van der Waals surface area (Å²) in [5.74, 6) is 0.475. The third-order valence-electron chi connectivity index (χ3n) is 4.61. The van der Waals surface area contributed by atoms with Crippen molar-refractivity contribution in [2.45, 2.75) is 0 Å². The molecule has 2 aromatic carbocycles. The van der Waals surface area contributed by atoms with Gasteiger partial charge in [-0.1, -0.05) is 0 Å². The van der Waals surface area contributed by atoms with Crippen LogP contribution in [0.25, 0.3) is 22.3 Å². The predicted octanol–water partition coefficient (Wildman–Crippen LogP) is 3.22. The number of hydrogen-bond acceptors (Lipinski definition) is 9. The van der Waals surface area contributed by atoms with Crippen molar-refractivity contribution in [3.05, 3.63) is 28.4 Å². The molecular weight excluding hydrogens is 396 g/mol. The minimum atomic E-state index is -0.629. The largest absolute Gasteiger partial charge is 0.504 e. The van der Waals surface area contributed by atoms with Crippen LogP contribution < -0.4 is 33.8 Å². The normalized spacial score (nSPS) is 10.6. The number of benzene rings is 2. The summed E-state index contributed by atoms with van der Waals surface area (Å²) in [5.41, 5.74) is -0.266. The van der Waals surface area contributed by atoms with Crippen LogP contribution >= 0.6 is 0 Å². The molecule has 3 rings (SSSR count). The van der Waals surface area contributed by atoms with Crippen LogP contribution in [0.5, 0.6) is 40.2 Å². The number of methoxy groups -OCH3 is 6. The van der Waals surface area contributed by atoms with E-state index in [1.807, 2.05) is 0 Å². The molecule has 0 atom stereocenters. The highest BCUT2D eigenvalue weighted by atomic mass is 16.5. The molecule has 1 heterocycles.